The zero-order valence-corrected chi connectivity index (χ0v) is 18.7. The second-order valence-corrected chi connectivity index (χ2v) is 8.29. The van der Waals surface area contributed by atoms with Gasteiger partial charge in [-0.15, -0.1) is 0 Å². The number of carbonyl (C=O) groups excluding carboxylic acids is 2. The summed E-state index contributed by atoms with van der Waals surface area (Å²) < 4.78 is 15.7. The van der Waals surface area contributed by atoms with E-state index in [-0.39, 0.29) is 23.6 Å². The van der Waals surface area contributed by atoms with E-state index in [0.29, 0.717) is 23.6 Å². The Bertz CT molecular complexity index is 1030. The quantitative estimate of drug-likeness (QED) is 0.547. The summed E-state index contributed by atoms with van der Waals surface area (Å²) in [5, 5.41) is 8.65. The van der Waals surface area contributed by atoms with Crippen molar-refractivity contribution in [3.63, 3.8) is 0 Å². The third kappa shape index (κ3) is 5.82. The maximum Gasteiger partial charge on any atom is 0.263 e. The second-order valence-electron chi connectivity index (χ2n) is 8.29. The van der Waals surface area contributed by atoms with Gasteiger partial charge in [-0.05, 0) is 63.2 Å². The van der Waals surface area contributed by atoms with E-state index in [1.54, 1.807) is 25.1 Å². The standard InChI is InChI=1S/C24H31FN4O3/c1-16-5-3-7-18(21(16)25)14-29-15-19(13-20(24(29)32)23(31)26-2)22(30)28-10-4-6-17-8-11-27-12-9-17/h3,5,7,13,15,17,27H,4,6,8-12,14H2,1-2H3,(H,26,31)(H,28,30). The number of carbonyl (C=O) groups is 2. The van der Waals surface area contributed by atoms with Gasteiger partial charge in [-0.3, -0.25) is 14.4 Å². The van der Waals surface area contributed by atoms with Crippen LogP contribution in [-0.2, 0) is 6.54 Å². The highest BCUT2D eigenvalue weighted by molar-refractivity contribution is 5.99. The van der Waals surface area contributed by atoms with Gasteiger partial charge in [0.1, 0.15) is 11.4 Å². The molecule has 0 spiro atoms. The number of nitrogens with one attached hydrogen (secondary N) is 3. The predicted octanol–water partition coefficient (Wildman–Crippen LogP) is 2.21. The fourth-order valence-electron chi connectivity index (χ4n) is 4.05. The van der Waals surface area contributed by atoms with Gasteiger partial charge in [0.25, 0.3) is 17.4 Å². The molecule has 8 heteroatoms. The smallest absolute Gasteiger partial charge is 0.263 e. The highest BCUT2D eigenvalue weighted by atomic mass is 19.1. The van der Waals surface area contributed by atoms with Crippen LogP contribution in [-0.4, -0.2) is 43.1 Å². The summed E-state index contributed by atoms with van der Waals surface area (Å²) in [6, 6.07) is 6.23. The van der Waals surface area contributed by atoms with Crippen molar-refractivity contribution in [2.75, 3.05) is 26.7 Å². The summed E-state index contributed by atoms with van der Waals surface area (Å²) in [4.78, 5) is 37.8. The van der Waals surface area contributed by atoms with Gasteiger partial charge in [-0.25, -0.2) is 4.39 Å². The first-order chi connectivity index (χ1) is 15.4. The van der Waals surface area contributed by atoms with Crippen LogP contribution in [0.15, 0.2) is 35.3 Å². The van der Waals surface area contributed by atoms with E-state index in [2.05, 4.69) is 16.0 Å². The van der Waals surface area contributed by atoms with E-state index < -0.39 is 17.3 Å². The molecule has 1 aliphatic heterocycles. The number of hydrogen-bond donors (Lipinski definition) is 3. The largest absolute Gasteiger partial charge is 0.355 e. The average Bonchev–Trinajstić information content (AvgIpc) is 2.81. The Hall–Kier alpha value is -3.00. The van der Waals surface area contributed by atoms with Crippen molar-refractivity contribution >= 4 is 11.8 Å². The van der Waals surface area contributed by atoms with E-state index in [1.165, 1.54) is 23.9 Å². The molecule has 0 bridgehead atoms. The molecule has 2 amide bonds. The molecule has 1 fully saturated rings. The minimum atomic E-state index is -0.589. The highest BCUT2D eigenvalue weighted by Gasteiger charge is 2.18. The molecule has 2 heterocycles. The molecule has 7 nitrogen and oxygen atoms in total. The number of aromatic nitrogens is 1. The van der Waals surface area contributed by atoms with Crippen LogP contribution in [0.3, 0.4) is 0 Å². The molecule has 0 atom stereocenters. The van der Waals surface area contributed by atoms with Crippen LogP contribution in [0.1, 0.15) is 57.5 Å². The lowest BCUT2D eigenvalue weighted by atomic mass is 9.93. The zero-order chi connectivity index (χ0) is 23.1. The fourth-order valence-corrected chi connectivity index (χ4v) is 4.05. The Morgan fingerprint density at radius 2 is 1.97 bits per heavy atom. The number of piperidine rings is 1. The molecular weight excluding hydrogens is 411 g/mol. The molecule has 1 saturated heterocycles. The average molecular weight is 443 g/mol. The Morgan fingerprint density at radius 3 is 2.69 bits per heavy atom. The number of hydrogen-bond acceptors (Lipinski definition) is 4. The molecule has 0 unspecified atom stereocenters. The topological polar surface area (TPSA) is 92.2 Å². The van der Waals surface area contributed by atoms with Crippen LogP contribution in [0.25, 0.3) is 0 Å². The van der Waals surface area contributed by atoms with Crippen molar-refractivity contribution in [1.29, 1.82) is 0 Å². The maximum atomic E-state index is 14.5. The number of rotatable bonds is 8. The van der Waals surface area contributed by atoms with Gasteiger partial charge in [0.05, 0.1) is 12.1 Å². The van der Waals surface area contributed by atoms with E-state index in [4.69, 9.17) is 0 Å². The molecule has 1 aromatic carbocycles. The van der Waals surface area contributed by atoms with E-state index in [0.717, 1.165) is 38.8 Å². The highest BCUT2D eigenvalue weighted by Crippen LogP contribution is 2.17. The van der Waals surface area contributed by atoms with Gasteiger partial charge in [-0.2, -0.15) is 0 Å². The summed E-state index contributed by atoms with van der Waals surface area (Å²) >= 11 is 0. The maximum absolute atomic E-state index is 14.5. The summed E-state index contributed by atoms with van der Waals surface area (Å²) in [5.74, 6) is -0.680. The van der Waals surface area contributed by atoms with Crippen molar-refractivity contribution in [1.82, 2.24) is 20.5 Å². The Labute approximate surface area is 187 Å². The number of amides is 2. The lowest BCUT2D eigenvalue weighted by Crippen LogP contribution is -2.34. The number of nitrogens with zero attached hydrogens (tertiary/aromatic N) is 1. The number of benzene rings is 1. The number of aryl methyl sites for hydroxylation is 1. The molecule has 0 aliphatic carbocycles. The zero-order valence-electron chi connectivity index (χ0n) is 18.7. The van der Waals surface area contributed by atoms with E-state index in [9.17, 15) is 18.8 Å². The molecular formula is C24H31FN4O3. The summed E-state index contributed by atoms with van der Waals surface area (Å²) in [6.45, 7) is 4.17. The SMILES string of the molecule is CNC(=O)c1cc(C(=O)NCCCC2CCNCC2)cn(Cc2cccc(C)c2F)c1=O. The fraction of sp³-hybridized carbons (Fsp3) is 0.458. The van der Waals surface area contributed by atoms with E-state index in [1.807, 2.05) is 0 Å². The van der Waals surface area contributed by atoms with Crippen molar-refractivity contribution < 1.29 is 14.0 Å². The van der Waals surface area contributed by atoms with Crippen LogP contribution in [0.2, 0.25) is 0 Å². The summed E-state index contributed by atoms with van der Waals surface area (Å²) in [7, 11) is 1.42. The summed E-state index contributed by atoms with van der Waals surface area (Å²) in [6.07, 6.45) is 5.62. The van der Waals surface area contributed by atoms with Crippen LogP contribution in [0, 0.1) is 18.7 Å². The predicted molar refractivity (Wildman–Crippen MR) is 121 cm³/mol. The lowest BCUT2D eigenvalue weighted by Gasteiger charge is -2.22. The lowest BCUT2D eigenvalue weighted by molar-refractivity contribution is 0.0951. The van der Waals surface area contributed by atoms with Crippen LogP contribution in [0.5, 0.6) is 0 Å². The molecule has 172 valence electrons. The third-order valence-electron chi connectivity index (χ3n) is 5.97. The molecule has 3 N–H and O–H groups in total. The normalized spacial score (nSPS) is 14.2. The van der Waals surface area contributed by atoms with E-state index >= 15 is 0 Å². The number of halogens is 1. The Morgan fingerprint density at radius 1 is 1.22 bits per heavy atom. The monoisotopic (exact) mass is 442 g/mol. The second kappa shape index (κ2) is 11.0. The van der Waals surface area contributed by atoms with Crippen molar-refractivity contribution in [3.8, 4) is 0 Å². The first-order valence-corrected chi connectivity index (χ1v) is 11.1. The van der Waals surface area contributed by atoms with Crippen LogP contribution >= 0.6 is 0 Å². The summed E-state index contributed by atoms with van der Waals surface area (Å²) in [5.41, 5.74) is 0.243. The minimum Gasteiger partial charge on any atom is -0.355 e. The van der Waals surface area contributed by atoms with Crippen LogP contribution < -0.4 is 21.5 Å². The molecule has 2 aromatic rings. The molecule has 3 rings (SSSR count). The van der Waals surface area contributed by atoms with Crippen molar-refractivity contribution in [2.45, 2.75) is 39.2 Å². The van der Waals surface area contributed by atoms with Gasteiger partial charge < -0.3 is 20.5 Å². The van der Waals surface area contributed by atoms with Gasteiger partial charge in [0.2, 0.25) is 0 Å². The van der Waals surface area contributed by atoms with Crippen LogP contribution in [0.4, 0.5) is 4.39 Å². The number of pyridine rings is 1. The first kappa shape index (κ1) is 23.7. The third-order valence-corrected chi connectivity index (χ3v) is 5.97. The molecule has 0 radical (unpaired) electrons. The molecule has 1 aromatic heterocycles. The van der Waals surface area contributed by atoms with Gasteiger partial charge in [0.15, 0.2) is 0 Å². The van der Waals surface area contributed by atoms with Crippen molar-refractivity contribution in [3.05, 3.63) is 68.9 Å². The Kier molecular flexibility index (Phi) is 8.16. The molecule has 32 heavy (non-hydrogen) atoms. The first-order valence-electron chi connectivity index (χ1n) is 11.1. The van der Waals surface area contributed by atoms with Gasteiger partial charge >= 0.3 is 0 Å². The molecule has 1 aliphatic rings. The van der Waals surface area contributed by atoms with Gasteiger partial charge in [-0.1, -0.05) is 18.2 Å². The Balaban J connectivity index is 1.76. The van der Waals surface area contributed by atoms with Crippen molar-refractivity contribution in [2.24, 2.45) is 5.92 Å². The van der Waals surface area contributed by atoms with Gasteiger partial charge in [0, 0.05) is 25.4 Å². The minimum absolute atomic E-state index is 0.0762. The molecule has 0 saturated carbocycles.